The smallest absolute Gasteiger partial charge is 0.0571 e. The summed E-state index contributed by atoms with van der Waals surface area (Å²) < 4.78 is 5.25. The first-order chi connectivity index (χ1) is 7.33. The molecule has 0 heterocycles. The zero-order chi connectivity index (χ0) is 11.1. The van der Waals surface area contributed by atoms with E-state index in [2.05, 4.69) is 24.8 Å². The van der Waals surface area contributed by atoms with Gasteiger partial charge in [-0.2, -0.15) is 0 Å². The van der Waals surface area contributed by atoms with Crippen molar-refractivity contribution in [2.45, 2.75) is 12.8 Å². The van der Waals surface area contributed by atoms with Crippen molar-refractivity contribution in [3.05, 3.63) is 60.2 Å². The van der Waals surface area contributed by atoms with Gasteiger partial charge < -0.3 is 4.74 Å². The lowest BCUT2D eigenvalue weighted by molar-refractivity contribution is 0.189. The lowest BCUT2D eigenvalue weighted by Gasteiger charge is -2.17. The lowest BCUT2D eigenvalue weighted by atomic mass is 9.91. The third-order valence-electron chi connectivity index (χ3n) is 2.51. The highest BCUT2D eigenvalue weighted by Gasteiger charge is 2.13. The van der Waals surface area contributed by atoms with Gasteiger partial charge in [0.15, 0.2) is 0 Å². The van der Waals surface area contributed by atoms with Gasteiger partial charge in [-0.3, -0.25) is 0 Å². The average molecular weight is 202 g/mol. The normalized spacial score (nSPS) is 13.6. The van der Waals surface area contributed by atoms with Crippen molar-refractivity contribution in [3.8, 4) is 0 Å². The van der Waals surface area contributed by atoms with E-state index in [1.165, 1.54) is 11.1 Å². The van der Waals surface area contributed by atoms with Crippen molar-refractivity contribution in [1.82, 2.24) is 0 Å². The molecule has 0 amide bonds. The van der Waals surface area contributed by atoms with Gasteiger partial charge >= 0.3 is 0 Å². The van der Waals surface area contributed by atoms with E-state index >= 15 is 0 Å². The number of methoxy groups -OCH3 is 1. The first-order valence-corrected chi connectivity index (χ1v) is 5.16. The number of hydrogen-bond acceptors (Lipinski definition) is 1. The molecule has 0 spiro atoms. The molecule has 1 rings (SSSR count). The minimum Gasteiger partial charge on any atom is -0.384 e. The topological polar surface area (TPSA) is 9.23 Å². The van der Waals surface area contributed by atoms with Crippen LogP contribution in [-0.2, 0) is 4.74 Å². The van der Waals surface area contributed by atoms with Crippen molar-refractivity contribution in [2.24, 2.45) is 0 Å². The maximum Gasteiger partial charge on any atom is 0.0571 e. The molecule has 1 nitrogen and oxygen atoms in total. The second-order valence-electron chi connectivity index (χ2n) is 3.41. The molecular formula is C14H18O. The number of hydrogen-bond donors (Lipinski definition) is 0. The monoisotopic (exact) mass is 202 g/mol. The summed E-state index contributed by atoms with van der Waals surface area (Å²) in [4.78, 5) is 0. The highest BCUT2D eigenvalue weighted by molar-refractivity contribution is 5.34. The van der Waals surface area contributed by atoms with E-state index in [1.54, 1.807) is 7.11 Å². The highest BCUT2D eigenvalue weighted by atomic mass is 16.5. The van der Waals surface area contributed by atoms with Gasteiger partial charge in [0.1, 0.15) is 0 Å². The maximum absolute atomic E-state index is 5.25. The third kappa shape index (κ3) is 3.07. The summed E-state index contributed by atoms with van der Waals surface area (Å²) >= 11 is 0. The fourth-order valence-corrected chi connectivity index (χ4v) is 1.70. The molecule has 1 heteroatoms. The van der Waals surface area contributed by atoms with Gasteiger partial charge in [0, 0.05) is 13.0 Å². The molecule has 0 saturated heterocycles. The van der Waals surface area contributed by atoms with Crippen LogP contribution in [0.15, 0.2) is 54.6 Å². The second kappa shape index (κ2) is 6.20. The van der Waals surface area contributed by atoms with Crippen LogP contribution in [0.1, 0.15) is 18.4 Å². The minimum absolute atomic E-state index is 0.290. The van der Waals surface area contributed by atoms with Gasteiger partial charge in [-0.1, -0.05) is 49.1 Å². The second-order valence-corrected chi connectivity index (χ2v) is 3.41. The molecule has 0 N–H and O–H groups in total. The summed E-state index contributed by atoms with van der Waals surface area (Å²) in [6.07, 6.45) is 3.99. The quantitative estimate of drug-likeness (QED) is 0.663. The molecule has 0 aliphatic carbocycles. The molecule has 80 valence electrons. The fraction of sp³-hybridized carbons (Fsp3) is 0.286. The van der Waals surface area contributed by atoms with E-state index in [0.717, 1.165) is 0 Å². The van der Waals surface area contributed by atoms with Gasteiger partial charge in [-0.05, 0) is 18.1 Å². The van der Waals surface area contributed by atoms with E-state index in [-0.39, 0.29) is 0 Å². The van der Waals surface area contributed by atoms with Crippen molar-refractivity contribution in [3.63, 3.8) is 0 Å². The Morgan fingerprint density at radius 3 is 2.53 bits per heavy atom. The van der Waals surface area contributed by atoms with Crippen LogP contribution in [0.2, 0.25) is 0 Å². The largest absolute Gasteiger partial charge is 0.384 e. The Balaban J connectivity index is 2.97. The molecule has 0 aliphatic heterocycles. The first kappa shape index (κ1) is 11.7. The number of benzene rings is 1. The molecule has 1 unspecified atom stereocenters. The Morgan fingerprint density at radius 1 is 1.40 bits per heavy atom. The van der Waals surface area contributed by atoms with Crippen LogP contribution in [0.25, 0.3) is 0 Å². The Kier molecular flexibility index (Phi) is 4.85. The van der Waals surface area contributed by atoms with Gasteiger partial charge in [-0.25, -0.2) is 0 Å². The van der Waals surface area contributed by atoms with Crippen LogP contribution in [0.5, 0.6) is 0 Å². The standard InChI is InChI=1S/C14H18O/c1-4-12(5-2)14(11-15-3)13-9-7-6-8-10-13/h4-10,14H,1,11H2,2-3H3/b12-5+. The molecule has 0 saturated carbocycles. The molecule has 0 fully saturated rings. The van der Waals surface area contributed by atoms with Crippen LogP contribution in [0.3, 0.4) is 0 Å². The number of ether oxygens (including phenoxy) is 1. The molecule has 1 atom stereocenters. The Morgan fingerprint density at radius 2 is 2.07 bits per heavy atom. The van der Waals surface area contributed by atoms with E-state index < -0.39 is 0 Å². The molecule has 0 aromatic heterocycles. The number of allylic oxidation sites excluding steroid dienone is 2. The fourth-order valence-electron chi connectivity index (χ4n) is 1.70. The van der Waals surface area contributed by atoms with Crippen LogP contribution in [0, 0.1) is 0 Å². The van der Waals surface area contributed by atoms with Gasteiger partial charge in [0.05, 0.1) is 6.61 Å². The zero-order valence-electron chi connectivity index (χ0n) is 9.44. The molecule has 0 bridgehead atoms. The van der Waals surface area contributed by atoms with Crippen LogP contribution in [0.4, 0.5) is 0 Å². The van der Waals surface area contributed by atoms with Crippen molar-refractivity contribution in [1.29, 1.82) is 0 Å². The molecule has 15 heavy (non-hydrogen) atoms. The van der Waals surface area contributed by atoms with Crippen molar-refractivity contribution < 1.29 is 4.74 Å². The molecule has 0 radical (unpaired) electrons. The van der Waals surface area contributed by atoms with Crippen molar-refractivity contribution in [2.75, 3.05) is 13.7 Å². The zero-order valence-corrected chi connectivity index (χ0v) is 9.44. The number of rotatable bonds is 5. The SMILES string of the molecule is C=C/C(=C\C)C(COC)c1ccccc1. The van der Waals surface area contributed by atoms with Crippen LogP contribution >= 0.6 is 0 Å². The third-order valence-corrected chi connectivity index (χ3v) is 2.51. The summed E-state index contributed by atoms with van der Waals surface area (Å²) in [7, 11) is 1.73. The van der Waals surface area contributed by atoms with E-state index in [1.807, 2.05) is 31.2 Å². The minimum atomic E-state index is 0.290. The van der Waals surface area contributed by atoms with Crippen LogP contribution < -0.4 is 0 Å². The molecule has 0 aliphatic rings. The molecular weight excluding hydrogens is 184 g/mol. The summed E-state index contributed by atoms with van der Waals surface area (Å²) in [5.74, 6) is 0.290. The summed E-state index contributed by atoms with van der Waals surface area (Å²) in [5.41, 5.74) is 2.48. The summed E-state index contributed by atoms with van der Waals surface area (Å²) in [6.45, 7) is 6.56. The van der Waals surface area contributed by atoms with E-state index in [9.17, 15) is 0 Å². The van der Waals surface area contributed by atoms with E-state index in [0.29, 0.717) is 12.5 Å². The van der Waals surface area contributed by atoms with Gasteiger partial charge in [-0.15, -0.1) is 0 Å². The average Bonchev–Trinajstić information content (AvgIpc) is 2.30. The van der Waals surface area contributed by atoms with Crippen LogP contribution in [-0.4, -0.2) is 13.7 Å². The maximum atomic E-state index is 5.25. The highest BCUT2D eigenvalue weighted by Crippen LogP contribution is 2.25. The predicted molar refractivity (Wildman–Crippen MR) is 65.0 cm³/mol. The Bertz CT molecular complexity index is 324. The summed E-state index contributed by atoms with van der Waals surface area (Å²) in [5, 5.41) is 0. The predicted octanol–water partition coefficient (Wildman–Crippen LogP) is 3.55. The van der Waals surface area contributed by atoms with Gasteiger partial charge in [0.2, 0.25) is 0 Å². The van der Waals surface area contributed by atoms with E-state index in [4.69, 9.17) is 4.74 Å². The van der Waals surface area contributed by atoms with Crippen molar-refractivity contribution >= 4 is 0 Å². The lowest BCUT2D eigenvalue weighted by Crippen LogP contribution is -2.08. The molecule has 1 aromatic carbocycles. The molecule has 1 aromatic rings. The Hall–Kier alpha value is -1.34. The van der Waals surface area contributed by atoms with Gasteiger partial charge in [0.25, 0.3) is 0 Å². The Labute approximate surface area is 92.1 Å². The summed E-state index contributed by atoms with van der Waals surface area (Å²) in [6, 6.07) is 10.4. The first-order valence-electron chi connectivity index (χ1n) is 5.16.